The fourth-order valence-corrected chi connectivity index (χ4v) is 2.22. The Balaban J connectivity index is 2.68. The van der Waals surface area contributed by atoms with Gasteiger partial charge in [0.25, 0.3) is 0 Å². The van der Waals surface area contributed by atoms with Crippen molar-refractivity contribution < 1.29 is 9.53 Å². The van der Waals surface area contributed by atoms with Crippen LogP contribution in [0.2, 0.25) is 5.02 Å². The highest BCUT2D eigenvalue weighted by Crippen LogP contribution is 2.26. The second kappa shape index (κ2) is 7.70. The van der Waals surface area contributed by atoms with Crippen molar-refractivity contribution >= 4 is 29.1 Å². The molecule has 4 heteroatoms. The molecule has 0 spiro atoms. The first kappa shape index (κ1) is 15.4. The van der Waals surface area contributed by atoms with Gasteiger partial charge in [-0.1, -0.05) is 32.4 Å². The first-order valence-corrected chi connectivity index (χ1v) is 7.54. The smallest absolute Gasteiger partial charge is 0.172 e. The molecule has 1 rings (SSSR count). The largest absolute Gasteiger partial charge is 0.492 e. The average molecular weight is 287 g/mol. The Morgan fingerprint density at radius 2 is 2.17 bits per heavy atom. The van der Waals surface area contributed by atoms with Crippen molar-refractivity contribution in [2.45, 2.75) is 32.4 Å². The van der Waals surface area contributed by atoms with Gasteiger partial charge in [0, 0.05) is 5.56 Å². The quantitative estimate of drug-likeness (QED) is 0.693. The van der Waals surface area contributed by atoms with Crippen LogP contribution in [0.15, 0.2) is 18.2 Å². The van der Waals surface area contributed by atoms with Crippen molar-refractivity contribution in [1.29, 1.82) is 0 Å². The van der Waals surface area contributed by atoms with Gasteiger partial charge in [-0.05, 0) is 29.9 Å². The maximum absolute atomic E-state index is 11.9. The number of halogens is 1. The van der Waals surface area contributed by atoms with Crippen molar-refractivity contribution in [2.24, 2.45) is 0 Å². The van der Waals surface area contributed by atoms with E-state index in [0.717, 1.165) is 6.42 Å². The van der Waals surface area contributed by atoms with Crippen LogP contribution in [0, 0.1) is 0 Å². The van der Waals surface area contributed by atoms with Gasteiger partial charge in [-0.3, -0.25) is 4.79 Å². The summed E-state index contributed by atoms with van der Waals surface area (Å²) in [6.07, 6.45) is 0.933. The van der Waals surface area contributed by atoms with Crippen molar-refractivity contribution in [2.75, 3.05) is 12.4 Å². The summed E-state index contributed by atoms with van der Waals surface area (Å²) in [4.78, 5) is 11.9. The molecule has 0 aliphatic carbocycles. The predicted molar refractivity (Wildman–Crippen MR) is 79.2 cm³/mol. The van der Waals surface area contributed by atoms with Crippen LogP contribution < -0.4 is 4.74 Å². The van der Waals surface area contributed by atoms with Crippen LogP contribution in [0.5, 0.6) is 5.75 Å². The van der Waals surface area contributed by atoms with Gasteiger partial charge in [0.05, 0.1) is 17.4 Å². The molecule has 0 saturated carbocycles. The highest BCUT2D eigenvalue weighted by Gasteiger charge is 2.10. The Kier molecular flexibility index (Phi) is 6.58. The molecule has 0 aromatic heterocycles. The van der Waals surface area contributed by atoms with Gasteiger partial charge >= 0.3 is 0 Å². The summed E-state index contributed by atoms with van der Waals surface area (Å²) < 4.78 is 5.47. The summed E-state index contributed by atoms with van der Waals surface area (Å²) in [6, 6.07) is 5.24. The standard InChI is InChI=1S/C14H19ClO2S/c1-4-7-17-14-6-5-11(8-12(14)15)13(16)9-18-10(2)3/h5-6,8,10H,4,7,9H2,1-3H3. The number of Topliss-reactive ketones (excluding diaryl/α,β-unsaturated/α-hetero) is 1. The van der Waals surface area contributed by atoms with Gasteiger partial charge < -0.3 is 4.74 Å². The van der Waals surface area contributed by atoms with Crippen LogP contribution in [-0.4, -0.2) is 23.4 Å². The van der Waals surface area contributed by atoms with Gasteiger partial charge in [-0.2, -0.15) is 11.8 Å². The number of rotatable bonds is 7. The molecule has 0 heterocycles. The lowest BCUT2D eigenvalue weighted by atomic mass is 10.1. The molecule has 18 heavy (non-hydrogen) atoms. The van der Waals surface area contributed by atoms with Crippen LogP contribution in [0.25, 0.3) is 0 Å². The van der Waals surface area contributed by atoms with E-state index in [-0.39, 0.29) is 5.78 Å². The molecule has 0 N–H and O–H groups in total. The van der Waals surface area contributed by atoms with Crippen molar-refractivity contribution in [3.05, 3.63) is 28.8 Å². The molecule has 0 saturated heterocycles. The molecular weight excluding hydrogens is 268 g/mol. The van der Waals surface area contributed by atoms with Gasteiger partial charge in [0.2, 0.25) is 0 Å². The lowest BCUT2D eigenvalue weighted by Crippen LogP contribution is -2.05. The summed E-state index contributed by atoms with van der Waals surface area (Å²) in [5.41, 5.74) is 0.650. The number of hydrogen-bond donors (Lipinski definition) is 0. The van der Waals surface area contributed by atoms with Crippen LogP contribution in [0.3, 0.4) is 0 Å². The highest BCUT2D eigenvalue weighted by atomic mass is 35.5. The second-order valence-corrected chi connectivity index (χ2v) is 6.25. The van der Waals surface area contributed by atoms with E-state index in [4.69, 9.17) is 16.3 Å². The Labute approximate surface area is 118 Å². The maximum Gasteiger partial charge on any atom is 0.172 e. The van der Waals surface area contributed by atoms with E-state index in [1.54, 1.807) is 30.0 Å². The Hall–Kier alpha value is -0.670. The van der Waals surface area contributed by atoms with Crippen molar-refractivity contribution in [3.63, 3.8) is 0 Å². The van der Waals surface area contributed by atoms with E-state index < -0.39 is 0 Å². The minimum Gasteiger partial charge on any atom is -0.492 e. The van der Waals surface area contributed by atoms with Gasteiger partial charge in [-0.25, -0.2) is 0 Å². The number of ether oxygens (including phenoxy) is 1. The van der Waals surface area contributed by atoms with Gasteiger partial charge in [0.1, 0.15) is 5.75 Å². The zero-order valence-corrected chi connectivity index (χ0v) is 12.6. The van der Waals surface area contributed by atoms with E-state index >= 15 is 0 Å². The van der Waals surface area contributed by atoms with Crippen LogP contribution in [0.1, 0.15) is 37.6 Å². The molecule has 0 bridgehead atoms. The number of benzene rings is 1. The molecule has 0 amide bonds. The fraction of sp³-hybridized carbons (Fsp3) is 0.500. The Bertz CT molecular complexity index is 405. The summed E-state index contributed by atoms with van der Waals surface area (Å²) >= 11 is 7.72. The number of ketones is 1. The lowest BCUT2D eigenvalue weighted by Gasteiger charge is -2.08. The molecule has 0 radical (unpaired) electrons. The Morgan fingerprint density at radius 1 is 1.44 bits per heavy atom. The third kappa shape index (κ3) is 4.91. The molecule has 0 atom stereocenters. The maximum atomic E-state index is 11.9. The molecule has 0 aliphatic rings. The minimum atomic E-state index is 0.109. The molecule has 1 aromatic carbocycles. The lowest BCUT2D eigenvalue weighted by molar-refractivity contribution is 0.102. The first-order valence-electron chi connectivity index (χ1n) is 6.11. The van der Waals surface area contributed by atoms with Crippen LogP contribution in [-0.2, 0) is 0 Å². The number of hydrogen-bond acceptors (Lipinski definition) is 3. The highest BCUT2D eigenvalue weighted by molar-refractivity contribution is 8.00. The van der Waals surface area contributed by atoms with E-state index in [2.05, 4.69) is 13.8 Å². The van der Waals surface area contributed by atoms with Gasteiger partial charge in [0.15, 0.2) is 5.78 Å². The van der Waals surface area contributed by atoms with E-state index in [9.17, 15) is 4.79 Å². The minimum absolute atomic E-state index is 0.109. The van der Waals surface area contributed by atoms with Crippen LogP contribution >= 0.6 is 23.4 Å². The molecule has 0 unspecified atom stereocenters. The molecule has 2 nitrogen and oxygen atoms in total. The molecule has 100 valence electrons. The topological polar surface area (TPSA) is 26.3 Å². The van der Waals surface area contributed by atoms with E-state index in [1.807, 2.05) is 6.92 Å². The summed E-state index contributed by atoms with van der Waals surface area (Å²) in [5, 5.41) is 0.959. The number of carbonyl (C=O) groups excluding carboxylic acids is 1. The van der Waals surface area contributed by atoms with Crippen LogP contribution in [0.4, 0.5) is 0 Å². The average Bonchev–Trinajstić information content (AvgIpc) is 2.34. The van der Waals surface area contributed by atoms with Crippen molar-refractivity contribution in [3.8, 4) is 5.75 Å². The molecule has 1 aromatic rings. The first-order chi connectivity index (χ1) is 8.54. The second-order valence-electron chi connectivity index (χ2n) is 4.28. The summed E-state index contributed by atoms with van der Waals surface area (Å²) in [6.45, 7) is 6.82. The molecule has 0 aliphatic heterocycles. The third-order valence-electron chi connectivity index (χ3n) is 2.26. The summed E-state index contributed by atoms with van der Waals surface area (Å²) in [7, 11) is 0. The molecular formula is C14H19ClO2S. The number of thioether (sulfide) groups is 1. The van der Waals surface area contributed by atoms with E-state index in [1.165, 1.54) is 0 Å². The SMILES string of the molecule is CCCOc1ccc(C(=O)CSC(C)C)cc1Cl. The fourth-order valence-electron chi connectivity index (χ4n) is 1.33. The predicted octanol–water partition coefficient (Wildman–Crippen LogP) is 4.45. The van der Waals surface area contributed by atoms with E-state index in [0.29, 0.717) is 33.9 Å². The van der Waals surface area contributed by atoms with Gasteiger partial charge in [-0.15, -0.1) is 0 Å². The monoisotopic (exact) mass is 286 g/mol. The molecule has 0 fully saturated rings. The normalized spacial score (nSPS) is 10.7. The number of carbonyl (C=O) groups is 1. The zero-order chi connectivity index (χ0) is 13.5. The van der Waals surface area contributed by atoms with Crippen molar-refractivity contribution in [1.82, 2.24) is 0 Å². The third-order valence-corrected chi connectivity index (χ3v) is 3.65. The summed E-state index contributed by atoms with van der Waals surface area (Å²) in [5.74, 6) is 1.24. The zero-order valence-electron chi connectivity index (χ0n) is 11.0. The Morgan fingerprint density at radius 3 is 2.72 bits per heavy atom.